The molecule has 21 heavy (non-hydrogen) atoms. The molecule has 0 unspecified atom stereocenters. The van der Waals surface area contributed by atoms with Crippen molar-refractivity contribution in [2.24, 2.45) is 5.92 Å². The number of rotatable bonds is 9. The van der Waals surface area contributed by atoms with Gasteiger partial charge in [0, 0.05) is 36.4 Å². The van der Waals surface area contributed by atoms with Gasteiger partial charge in [-0.15, -0.1) is 0 Å². The van der Waals surface area contributed by atoms with Crippen molar-refractivity contribution in [1.29, 1.82) is 0 Å². The number of ether oxygens (including phenoxy) is 1. The maximum absolute atomic E-state index is 5.28. The van der Waals surface area contributed by atoms with E-state index in [4.69, 9.17) is 4.74 Å². The highest BCUT2D eigenvalue weighted by Crippen LogP contribution is 2.34. The lowest BCUT2D eigenvalue weighted by atomic mass is 10.1. The first-order chi connectivity index (χ1) is 10.1. The largest absolute Gasteiger partial charge is 0.383 e. The van der Waals surface area contributed by atoms with Gasteiger partial charge >= 0.3 is 0 Å². The van der Waals surface area contributed by atoms with Gasteiger partial charge in [0.15, 0.2) is 0 Å². The van der Waals surface area contributed by atoms with E-state index in [1.807, 2.05) is 0 Å². The molecule has 0 aromatic heterocycles. The van der Waals surface area contributed by atoms with Crippen LogP contribution in [0.25, 0.3) is 0 Å². The average molecular weight is 355 g/mol. The van der Waals surface area contributed by atoms with Crippen LogP contribution in [0.3, 0.4) is 0 Å². The van der Waals surface area contributed by atoms with Crippen LogP contribution >= 0.6 is 15.9 Å². The van der Waals surface area contributed by atoms with E-state index in [0.29, 0.717) is 12.0 Å². The van der Waals surface area contributed by atoms with Crippen molar-refractivity contribution in [2.45, 2.75) is 39.3 Å². The minimum Gasteiger partial charge on any atom is -0.383 e. The van der Waals surface area contributed by atoms with Gasteiger partial charge < -0.3 is 15.0 Å². The molecule has 1 N–H and O–H groups in total. The second-order valence-corrected chi connectivity index (χ2v) is 7.13. The van der Waals surface area contributed by atoms with E-state index in [1.54, 1.807) is 7.11 Å². The Hall–Kier alpha value is -0.580. The number of nitrogens with one attached hydrogen (secondary N) is 1. The number of hydrogen-bond donors (Lipinski definition) is 1. The van der Waals surface area contributed by atoms with Gasteiger partial charge in [0.2, 0.25) is 0 Å². The first-order valence-electron chi connectivity index (χ1n) is 7.86. The number of anilines is 1. The monoisotopic (exact) mass is 354 g/mol. The molecular formula is C17H27BrN2O. The molecule has 2 rings (SSSR count). The Morgan fingerprint density at radius 3 is 2.76 bits per heavy atom. The summed E-state index contributed by atoms with van der Waals surface area (Å²) in [5.74, 6) is 0.675. The molecule has 1 saturated carbocycles. The van der Waals surface area contributed by atoms with E-state index in [0.717, 1.165) is 30.7 Å². The highest BCUT2D eigenvalue weighted by Gasteiger charge is 2.30. The molecule has 0 atom stereocenters. The van der Waals surface area contributed by atoms with Crippen LogP contribution in [0.4, 0.5) is 5.69 Å². The molecule has 1 fully saturated rings. The molecule has 3 nitrogen and oxygen atoms in total. The van der Waals surface area contributed by atoms with Gasteiger partial charge in [-0.05, 0) is 49.1 Å². The maximum atomic E-state index is 5.28. The molecule has 0 saturated heterocycles. The summed E-state index contributed by atoms with van der Waals surface area (Å²) in [5.41, 5.74) is 2.72. The Bertz CT molecular complexity index is 446. The summed E-state index contributed by atoms with van der Waals surface area (Å²) >= 11 is 3.60. The highest BCUT2D eigenvalue weighted by molar-refractivity contribution is 9.10. The topological polar surface area (TPSA) is 24.5 Å². The molecule has 0 spiro atoms. The maximum Gasteiger partial charge on any atom is 0.0637 e. The molecule has 118 valence electrons. The zero-order valence-corrected chi connectivity index (χ0v) is 14.9. The standard InChI is InChI=1S/C17H27BrN2O/c1-13(2)11-19-12-14-10-15(18)4-7-17(14)20(8-9-21-3)16-5-6-16/h4,7,10,13,16,19H,5-6,8-9,11-12H2,1-3H3. The first-order valence-corrected chi connectivity index (χ1v) is 8.66. The van der Waals surface area contributed by atoms with E-state index in [9.17, 15) is 0 Å². The fourth-order valence-corrected chi connectivity index (χ4v) is 2.96. The average Bonchev–Trinajstić information content (AvgIpc) is 3.25. The third-order valence-corrected chi connectivity index (χ3v) is 4.24. The molecule has 4 heteroatoms. The van der Waals surface area contributed by atoms with E-state index >= 15 is 0 Å². The fraction of sp³-hybridized carbons (Fsp3) is 0.647. The van der Waals surface area contributed by atoms with Crippen LogP contribution < -0.4 is 10.2 Å². The SMILES string of the molecule is COCCN(c1ccc(Br)cc1CNCC(C)C)C1CC1. The predicted octanol–water partition coefficient (Wildman–Crippen LogP) is 3.81. The van der Waals surface area contributed by atoms with Crippen molar-refractivity contribution in [2.75, 3.05) is 31.7 Å². The molecule has 1 aromatic carbocycles. The number of halogens is 1. The lowest BCUT2D eigenvalue weighted by Crippen LogP contribution is -2.31. The van der Waals surface area contributed by atoms with Crippen molar-refractivity contribution in [1.82, 2.24) is 5.32 Å². The Balaban J connectivity index is 2.11. The summed E-state index contributed by atoms with van der Waals surface area (Å²) in [6.07, 6.45) is 2.61. The van der Waals surface area contributed by atoms with Crippen molar-refractivity contribution >= 4 is 21.6 Å². The van der Waals surface area contributed by atoms with Gasteiger partial charge in [0.25, 0.3) is 0 Å². The summed E-state index contributed by atoms with van der Waals surface area (Å²) in [5, 5.41) is 3.56. The van der Waals surface area contributed by atoms with Crippen LogP contribution in [0.5, 0.6) is 0 Å². The zero-order valence-electron chi connectivity index (χ0n) is 13.4. The minimum atomic E-state index is 0.675. The molecular weight excluding hydrogens is 328 g/mol. The Morgan fingerprint density at radius 2 is 2.14 bits per heavy atom. The van der Waals surface area contributed by atoms with E-state index < -0.39 is 0 Å². The normalized spacial score (nSPS) is 14.7. The van der Waals surface area contributed by atoms with Crippen LogP contribution in [-0.2, 0) is 11.3 Å². The van der Waals surface area contributed by atoms with Gasteiger partial charge in [-0.3, -0.25) is 0 Å². The summed E-state index contributed by atoms with van der Waals surface area (Å²) in [6, 6.07) is 7.32. The van der Waals surface area contributed by atoms with Gasteiger partial charge in [0.1, 0.15) is 0 Å². The molecule has 0 bridgehead atoms. The number of nitrogens with zero attached hydrogens (tertiary/aromatic N) is 1. The van der Waals surface area contributed by atoms with E-state index in [-0.39, 0.29) is 0 Å². The fourth-order valence-electron chi connectivity index (χ4n) is 2.55. The van der Waals surface area contributed by atoms with Gasteiger partial charge in [-0.25, -0.2) is 0 Å². The Morgan fingerprint density at radius 1 is 1.38 bits per heavy atom. The smallest absolute Gasteiger partial charge is 0.0637 e. The molecule has 0 radical (unpaired) electrons. The Kier molecular flexibility index (Phi) is 6.52. The second-order valence-electron chi connectivity index (χ2n) is 6.22. The summed E-state index contributed by atoms with van der Waals surface area (Å²) < 4.78 is 6.43. The van der Waals surface area contributed by atoms with Gasteiger partial charge in [-0.1, -0.05) is 29.8 Å². The number of methoxy groups -OCH3 is 1. The quantitative estimate of drug-likeness (QED) is 0.729. The second kappa shape index (κ2) is 8.16. The van der Waals surface area contributed by atoms with Crippen LogP contribution in [-0.4, -0.2) is 32.8 Å². The third kappa shape index (κ3) is 5.28. The van der Waals surface area contributed by atoms with Gasteiger partial charge in [-0.2, -0.15) is 0 Å². The van der Waals surface area contributed by atoms with E-state index in [1.165, 1.54) is 24.1 Å². The van der Waals surface area contributed by atoms with Gasteiger partial charge in [0.05, 0.1) is 6.61 Å². The minimum absolute atomic E-state index is 0.675. The molecule has 0 amide bonds. The molecule has 1 aliphatic carbocycles. The third-order valence-electron chi connectivity index (χ3n) is 3.74. The Labute approximate surface area is 137 Å². The van der Waals surface area contributed by atoms with Crippen molar-refractivity contribution in [3.05, 3.63) is 28.2 Å². The molecule has 1 aliphatic rings. The summed E-state index contributed by atoms with van der Waals surface area (Å²) in [6.45, 7) is 8.20. The first kappa shape index (κ1) is 16.8. The van der Waals surface area contributed by atoms with Crippen molar-refractivity contribution in [3.63, 3.8) is 0 Å². The van der Waals surface area contributed by atoms with Crippen LogP contribution in [0, 0.1) is 5.92 Å². The van der Waals surface area contributed by atoms with E-state index in [2.05, 4.69) is 58.2 Å². The van der Waals surface area contributed by atoms with Crippen LogP contribution in [0.1, 0.15) is 32.3 Å². The molecule has 0 aliphatic heterocycles. The lowest BCUT2D eigenvalue weighted by molar-refractivity contribution is 0.205. The summed E-state index contributed by atoms with van der Waals surface area (Å²) in [7, 11) is 1.78. The number of hydrogen-bond acceptors (Lipinski definition) is 3. The number of benzene rings is 1. The highest BCUT2D eigenvalue weighted by atomic mass is 79.9. The predicted molar refractivity (Wildman–Crippen MR) is 92.9 cm³/mol. The van der Waals surface area contributed by atoms with Crippen molar-refractivity contribution in [3.8, 4) is 0 Å². The molecule has 0 heterocycles. The van der Waals surface area contributed by atoms with Crippen molar-refractivity contribution < 1.29 is 4.74 Å². The van der Waals surface area contributed by atoms with Crippen LogP contribution in [0.15, 0.2) is 22.7 Å². The molecule has 1 aromatic rings. The zero-order chi connectivity index (χ0) is 15.2. The lowest BCUT2D eigenvalue weighted by Gasteiger charge is -2.27. The van der Waals surface area contributed by atoms with Crippen LogP contribution in [0.2, 0.25) is 0 Å². The summed E-state index contributed by atoms with van der Waals surface area (Å²) in [4.78, 5) is 2.52.